The van der Waals surface area contributed by atoms with Gasteiger partial charge in [0.05, 0.1) is 12.8 Å². The van der Waals surface area contributed by atoms with Gasteiger partial charge in [-0.3, -0.25) is 14.7 Å². The highest BCUT2D eigenvalue weighted by Gasteiger charge is 2.24. The van der Waals surface area contributed by atoms with Crippen LogP contribution < -0.4 is 9.80 Å². The van der Waals surface area contributed by atoms with E-state index in [1.807, 2.05) is 19.2 Å². The molecule has 0 amide bonds. The molecule has 19 heavy (non-hydrogen) atoms. The predicted molar refractivity (Wildman–Crippen MR) is 73.9 cm³/mol. The van der Waals surface area contributed by atoms with Crippen molar-refractivity contribution in [3.8, 4) is 5.75 Å². The molecule has 0 saturated heterocycles. The van der Waals surface area contributed by atoms with Gasteiger partial charge in [0.1, 0.15) is 12.4 Å². The number of rotatable bonds is 2. The number of ketones is 1. The van der Waals surface area contributed by atoms with Crippen LogP contribution in [0.15, 0.2) is 12.1 Å². The standard InChI is InChI=1S/C13H17NO3.OS/c1-8(2)9-5-11-10(6-13(9)16-4)12(15)7-17-14(11)3;1-2/h5-6,8H,7H2,1-4H3;. The van der Waals surface area contributed by atoms with E-state index in [0.717, 1.165) is 17.0 Å². The molecule has 1 aliphatic rings. The molecule has 0 bridgehead atoms. The van der Waals surface area contributed by atoms with E-state index in [4.69, 9.17) is 13.8 Å². The lowest BCUT2D eigenvalue weighted by molar-refractivity contribution is 0.0680. The van der Waals surface area contributed by atoms with Gasteiger partial charge in [-0.2, -0.15) is 4.21 Å². The van der Waals surface area contributed by atoms with Crippen molar-refractivity contribution in [2.45, 2.75) is 19.8 Å². The van der Waals surface area contributed by atoms with Crippen LogP contribution in [0.5, 0.6) is 5.75 Å². The number of carbonyl (C=O) groups is 1. The van der Waals surface area contributed by atoms with E-state index < -0.39 is 0 Å². The summed E-state index contributed by atoms with van der Waals surface area (Å²) in [5.74, 6) is 1.09. The summed E-state index contributed by atoms with van der Waals surface area (Å²) < 4.78 is 13.2. The Morgan fingerprint density at radius 3 is 2.53 bits per heavy atom. The summed E-state index contributed by atoms with van der Waals surface area (Å²) in [4.78, 5) is 17.0. The van der Waals surface area contributed by atoms with Gasteiger partial charge in [0.15, 0.2) is 18.3 Å². The second kappa shape index (κ2) is 6.58. The number of hydrogen-bond donors (Lipinski definition) is 0. The SMILES string of the molecule is COc1cc2c(cc1C(C)C)N(C)OCC2=O.O=S. The van der Waals surface area contributed by atoms with Crippen molar-refractivity contribution in [2.75, 3.05) is 25.8 Å². The van der Waals surface area contributed by atoms with Crippen LogP contribution in [0, 0.1) is 0 Å². The fraction of sp³-hybridized carbons (Fsp3) is 0.462. The van der Waals surface area contributed by atoms with Crippen molar-refractivity contribution in [1.29, 1.82) is 0 Å². The Morgan fingerprint density at radius 2 is 2.00 bits per heavy atom. The number of carbonyl (C=O) groups excluding carboxylic acids is 1. The Morgan fingerprint density at radius 1 is 1.37 bits per heavy atom. The van der Waals surface area contributed by atoms with Gasteiger partial charge >= 0.3 is 0 Å². The Labute approximate surface area is 118 Å². The summed E-state index contributed by atoms with van der Waals surface area (Å²) in [7, 11) is 3.43. The molecule has 1 heterocycles. The van der Waals surface area contributed by atoms with E-state index in [1.54, 1.807) is 12.2 Å². The Hall–Kier alpha value is -1.53. The van der Waals surface area contributed by atoms with Crippen LogP contribution in [-0.2, 0) is 17.4 Å². The van der Waals surface area contributed by atoms with Gasteiger partial charge in [-0.1, -0.05) is 13.8 Å². The summed E-state index contributed by atoms with van der Waals surface area (Å²) in [6, 6.07) is 3.78. The number of anilines is 1. The molecular formula is C13H17NO4S. The summed E-state index contributed by atoms with van der Waals surface area (Å²) in [5, 5.41) is 1.64. The highest BCUT2D eigenvalue weighted by Crippen LogP contribution is 2.35. The van der Waals surface area contributed by atoms with E-state index in [-0.39, 0.29) is 12.4 Å². The molecule has 0 radical (unpaired) electrons. The van der Waals surface area contributed by atoms with E-state index in [9.17, 15) is 4.79 Å². The van der Waals surface area contributed by atoms with E-state index in [2.05, 4.69) is 26.4 Å². The predicted octanol–water partition coefficient (Wildman–Crippen LogP) is 2.05. The average molecular weight is 283 g/mol. The highest BCUT2D eigenvalue weighted by molar-refractivity contribution is 7.44. The van der Waals surface area contributed by atoms with Crippen LogP contribution in [0.3, 0.4) is 0 Å². The van der Waals surface area contributed by atoms with Gasteiger partial charge < -0.3 is 4.74 Å². The first-order valence-electron chi connectivity index (χ1n) is 5.83. The van der Waals surface area contributed by atoms with Crippen molar-refractivity contribution < 1.29 is 18.6 Å². The Bertz CT molecular complexity index is 476. The molecule has 1 aliphatic heterocycles. The zero-order valence-corrected chi connectivity index (χ0v) is 12.2. The second-order valence-corrected chi connectivity index (χ2v) is 4.46. The number of hydrogen-bond acceptors (Lipinski definition) is 6. The molecular weight excluding hydrogens is 266 g/mol. The molecule has 1 aromatic carbocycles. The van der Waals surface area contributed by atoms with E-state index >= 15 is 0 Å². The minimum absolute atomic E-state index is 0.00768. The fourth-order valence-electron chi connectivity index (χ4n) is 2.00. The summed E-state index contributed by atoms with van der Waals surface area (Å²) >= 11 is 2.83. The number of benzene rings is 1. The van der Waals surface area contributed by atoms with Crippen LogP contribution in [-0.4, -0.2) is 30.8 Å². The zero-order chi connectivity index (χ0) is 14.6. The lowest BCUT2D eigenvalue weighted by Gasteiger charge is -2.27. The topological polar surface area (TPSA) is 55.8 Å². The van der Waals surface area contributed by atoms with Crippen LogP contribution in [0.1, 0.15) is 35.7 Å². The van der Waals surface area contributed by atoms with Gasteiger partial charge in [0.2, 0.25) is 0 Å². The molecule has 0 spiro atoms. The molecule has 6 heteroatoms. The maximum Gasteiger partial charge on any atom is 0.197 e. The number of fused-ring (bicyclic) bond motifs is 1. The van der Waals surface area contributed by atoms with E-state index in [1.165, 1.54) is 0 Å². The second-order valence-electron chi connectivity index (χ2n) is 4.46. The quantitative estimate of drug-likeness (QED) is 0.828. The first-order chi connectivity index (χ1) is 9.04. The van der Waals surface area contributed by atoms with Crippen molar-refractivity contribution in [2.24, 2.45) is 0 Å². The van der Waals surface area contributed by atoms with Gasteiger partial charge in [0, 0.05) is 12.6 Å². The largest absolute Gasteiger partial charge is 0.496 e. The molecule has 104 valence electrons. The van der Waals surface area contributed by atoms with Crippen molar-refractivity contribution in [3.05, 3.63) is 23.3 Å². The molecule has 5 nitrogen and oxygen atoms in total. The molecule has 2 rings (SSSR count). The molecule has 1 aromatic rings. The minimum atomic E-state index is -0.00768. The molecule has 0 N–H and O–H groups in total. The third-order valence-electron chi connectivity index (χ3n) is 3.00. The van der Waals surface area contributed by atoms with Gasteiger partial charge in [-0.05, 0) is 23.6 Å². The molecule has 0 unspecified atom stereocenters. The van der Waals surface area contributed by atoms with Gasteiger partial charge in [0.25, 0.3) is 0 Å². The number of methoxy groups -OCH3 is 1. The maximum absolute atomic E-state index is 11.8. The summed E-state index contributed by atoms with van der Waals surface area (Å²) in [5.41, 5.74) is 2.56. The number of nitrogens with zero attached hydrogens (tertiary/aromatic N) is 1. The summed E-state index contributed by atoms with van der Waals surface area (Å²) in [6.45, 7) is 4.28. The third kappa shape index (κ3) is 3.08. The van der Waals surface area contributed by atoms with Crippen LogP contribution in [0.4, 0.5) is 5.69 Å². The maximum atomic E-state index is 11.8. The molecule has 0 aromatic heterocycles. The normalized spacial score (nSPS) is 13.7. The third-order valence-corrected chi connectivity index (χ3v) is 3.00. The van der Waals surface area contributed by atoms with E-state index in [0.29, 0.717) is 11.5 Å². The van der Waals surface area contributed by atoms with Crippen molar-refractivity contribution in [1.82, 2.24) is 0 Å². The van der Waals surface area contributed by atoms with Gasteiger partial charge in [-0.25, -0.2) is 0 Å². The first-order valence-corrected chi connectivity index (χ1v) is 6.16. The van der Waals surface area contributed by atoms with Gasteiger partial charge in [-0.15, -0.1) is 0 Å². The van der Waals surface area contributed by atoms with Crippen molar-refractivity contribution >= 4 is 24.0 Å². The first kappa shape index (κ1) is 15.5. The fourth-order valence-corrected chi connectivity index (χ4v) is 2.00. The zero-order valence-electron chi connectivity index (χ0n) is 11.4. The van der Waals surface area contributed by atoms with Crippen molar-refractivity contribution in [3.63, 3.8) is 0 Å². The number of hydroxylamine groups is 1. The Balaban J connectivity index is 0.000000861. The molecule has 0 saturated carbocycles. The van der Waals surface area contributed by atoms with Crippen LogP contribution in [0.2, 0.25) is 0 Å². The minimum Gasteiger partial charge on any atom is -0.496 e. The molecule has 0 fully saturated rings. The summed E-state index contributed by atoms with van der Waals surface area (Å²) in [6.07, 6.45) is 0. The molecule has 0 atom stereocenters. The average Bonchev–Trinajstić information content (AvgIpc) is 2.43. The monoisotopic (exact) mass is 283 g/mol. The Kier molecular flexibility index (Phi) is 5.38. The number of ether oxygens (including phenoxy) is 1. The highest BCUT2D eigenvalue weighted by atomic mass is 32.1. The lowest BCUT2D eigenvalue weighted by Crippen LogP contribution is -2.30. The van der Waals surface area contributed by atoms with Crippen LogP contribution >= 0.6 is 0 Å². The smallest absolute Gasteiger partial charge is 0.197 e. The molecule has 0 aliphatic carbocycles. The van der Waals surface area contributed by atoms with Crippen LogP contribution in [0.25, 0.3) is 0 Å². The lowest BCUT2D eigenvalue weighted by atomic mass is 9.96. The number of Topliss-reactive ketones (excluding diaryl/α,β-unsaturated/α-hetero) is 1.